The molecule has 7 heteroatoms. The lowest BCUT2D eigenvalue weighted by atomic mass is 9.89. The van der Waals surface area contributed by atoms with E-state index in [-0.39, 0.29) is 5.60 Å². The zero-order valence-electron chi connectivity index (χ0n) is 18.6. The van der Waals surface area contributed by atoms with Gasteiger partial charge in [-0.25, -0.2) is 0 Å². The zero-order valence-corrected chi connectivity index (χ0v) is 19.4. The van der Waals surface area contributed by atoms with Crippen LogP contribution < -0.4 is 4.74 Å². The molecular formula is C26H27NO5S. The van der Waals surface area contributed by atoms with Crippen LogP contribution in [0.25, 0.3) is 5.76 Å². The Bertz CT molecular complexity index is 1100. The van der Waals surface area contributed by atoms with Gasteiger partial charge in [0.15, 0.2) is 0 Å². The Morgan fingerprint density at radius 2 is 1.85 bits per heavy atom. The summed E-state index contributed by atoms with van der Waals surface area (Å²) in [6.07, 6.45) is 1.82. The zero-order chi connectivity index (χ0) is 23.0. The van der Waals surface area contributed by atoms with Crippen molar-refractivity contribution in [3.63, 3.8) is 0 Å². The fraction of sp³-hybridized carbons (Fsp3) is 0.385. The van der Waals surface area contributed by atoms with Crippen molar-refractivity contribution in [3.05, 3.63) is 70.1 Å². The number of benzene rings is 2. The molecule has 1 N–H and O–H groups in total. The number of ether oxygens (including phenoxy) is 2. The first-order valence-electron chi connectivity index (χ1n) is 11.3. The van der Waals surface area contributed by atoms with Crippen LogP contribution in [-0.2, 0) is 16.0 Å². The van der Waals surface area contributed by atoms with Crippen LogP contribution in [0.15, 0.2) is 53.4 Å². The number of carbonyl (C=O) groups is 2. The summed E-state index contributed by atoms with van der Waals surface area (Å²) < 4.78 is 11.9. The average molecular weight is 466 g/mol. The minimum absolute atomic E-state index is 0.374. The van der Waals surface area contributed by atoms with E-state index >= 15 is 0 Å². The molecule has 0 saturated carbocycles. The Morgan fingerprint density at radius 1 is 1.09 bits per heavy atom. The van der Waals surface area contributed by atoms with E-state index < -0.39 is 17.7 Å². The van der Waals surface area contributed by atoms with Crippen LogP contribution in [0.5, 0.6) is 5.75 Å². The number of ketones is 2. The molecule has 0 radical (unpaired) electrons. The highest BCUT2D eigenvalue weighted by Gasteiger charge is 2.46. The second-order valence-electron chi connectivity index (χ2n) is 8.95. The molecule has 0 unspecified atom stereocenters. The maximum Gasteiger partial charge on any atom is 0.243 e. The highest BCUT2D eigenvalue weighted by atomic mass is 32.2. The lowest BCUT2D eigenvalue weighted by Crippen LogP contribution is -2.50. The second kappa shape index (κ2) is 8.97. The van der Waals surface area contributed by atoms with Crippen molar-refractivity contribution in [1.29, 1.82) is 0 Å². The van der Waals surface area contributed by atoms with E-state index in [4.69, 9.17) is 9.47 Å². The van der Waals surface area contributed by atoms with E-state index in [2.05, 4.69) is 4.90 Å². The largest absolute Gasteiger partial charge is 0.497 e. The first-order valence-corrected chi connectivity index (χ1v) is 12.2. The minimum Gasteiger partial charge on any atom is -0.497 e. The van der Waals surface area contributed by atoms with Gasteiger partial charge in [-0.05, 0) is 30.2 Å². The van der Waals surface area contributed by atoms with Gasteiger partial charge in [0, 0.05) is 49.4 Å². The number of fused-ring (bicyclic) bond motifs is 2. The number of hydrogen-bond acceptors (Lipinski definition) is 7. The van der Waals surface area contributed by atoms with Crippen molar-refractivity contribution >= 4 is 29.1 Å². The Kier molecular flexibility index (Phi) is 6.03. The molecule has 2 aromatic rings. The summed E-state index contributed by atoms with van der Waals surface area (Å²) in [7, 11) is 1.58. The highest BCUT2D eigenvalue weighted by Crippen LogP contribution is 2.47. The van der Waals surface area contributed by atoms with Crippen LogP contribution in [0.4, 0.5) is 0 Å². The summed E-state index contributed by atoms with van der Waals surface area (Å²) in [5, 5.41) is 10.6. The van der Waals surface area contributed by atoms with Crippen molar-refractivity contribution in [1.82, 2.24) is 4.90 Å². The van der Waals surface area contributed by atoms with Gasteiger partial charge in [-0.15, -0.1) is 11.8 Å². The first-order chi connectivity index (χ1) is 16.0. The normalized spacial score (nSPS) is 20.8. The molecule has 1 fully saturated rings. The Balaban J connectivity index is 1.28. The third kappa shape index (κ3) is 4.33. The number of β-amino-alcohol motifs (C(OH)–C–C–N with tert-alkyl or cyclic N) is 1. The summed E-state index contributed by atoms with van der Waals surface area (Å²) >= 11 is 1.43. The smallest absolute Gasteiger partial charge is 0.243 e. The molecule has 6 nitrogen and oxygen atoms in total. The number of aliphatic hydroxyl groups excluding tert-OH is 1. The number of rotatable bonds is 5. The number of Topliss-reactive ketones (excluding diaryl/α,β-unsaturated/α-hetero) is 2. The lowest BCUT2D eigenvalue weighted by molar-refractivity contribution is -0.111. The number of hydrogen-bond donors (Lipinski definition) is 1. The summed E-state index contributed by atoms with van der Waals surface area (Å²) in [5.74, 6) is 0.815. The summed E-state index contributed by atoms with van der Waals surface area (Å²) in [6.45, 7) is 2.25. The number of allylic oxidation sites excluding steroid dienone is 1. The predicted octanol–water partition coefficient (Wildman–Crippen LogP) is 3.33. The topological polar surface area (TPSA) is 76.1 Å². The number of nitrogens with zero attached hydrogens (tertiary/aromatic N) is 1. The summed E-state index contributed by atoms with van der Waals surface area (Å²) in [4.78, 5) is 28.0. The lowest BCUT2D eigenvalue weighted by Gasteiger charge is -2.45. The molecule has 0 aromatic heterocycles. The summed E-state index contributed by atoms with van der Waals surface area (Å²) in [6, 6.07) is 15.2. The molecule has 0 bridgehead atoms. The van der Waals surface area contributed by atoms with Gasteiger partial charge in [0.05, 0.1) is 13.2 Å². The molecule has 3 aliphatic rings. The van der Waals surface area contributed by atoms with Gasteiger partial charge in [0.2, 0.25) is 11.6 Å². The average Bonchev–Trinajstić information content (AvgIpc) is 2.84. The van der Waals surface area contributed by atoms with E-state index in [0.717, 1.165) is 31.5 Å². The van der Waals surface area contributed by atoms with E-state index in [1.165, 1.54) is 11.8 Å². The Labute approximate surface area is 197 Å². The van der Waals surface area contributed by atoms with Gasteiger partial charge in [0.1, 0.15) is 22.0 Å². The minimum atomic E-state index is -0.485. The molecule has 1 atom stereocenters. The van der Waals surface area contributed by atoms with E-state index in [0.29, 0.717) is 46.3 Å². The van der Waals surface area contributed by atoms with Gasteiger partial charge in [0.25, 0.3) is 0 Å². The summed E-state index contributed by atoms with van der Waals surface area (Å²) in [5.41, 5.74) is 1.77. The van der Waals surface area contributed by atoms with Gasteiger partial charge >= 0.3 is 0 Å². The quantitative estimate of drug-likeness (QED) is 0.679. The molecular weight excluding hydrogens is 438 g/mol. The fourth-order valence-corrected chi connectivity index (χ4v) is 6.07. The van der Waals surface area contributed by atoms with Crippen molar-refractivity contribution < 1.29 is 24.2 Å². The van der Waals surface area contributed by atoms with Gasteiger partial charge in [-0.3, -0.25) is 9.59 Å². The molecule has 2 aliphatic heterocycles. The van der Waals surface area contributed by atoms with Crippen LogP contribution in [0.3, 0.4) is 0 Å². The number of likely N-dealkylation sites (tertiary alicyclic amines) is 1. The predicted molar refractivity (Wildman–Crippen MR) is 127 cm³/mol. The number of carbonyl (C=O) groups excluding carboxylic acids is 2. The highest BCUT2D eigenvalue weighted by molar-refractivity contribution is 8.04. The number of methoxy groups -OCH3 is 1. The van der Waals surface area contributed by atoms with Crippen molar-refractivity contribution in [3.8, 4) is 5.75 Å². The van der Waals surface area contributed by atoms with E-state index in [1.54, 1.807) is 25.3 Å². The molecule has 2 aromatic carbocycles. The number of thioether (sulfide) groups is 1. The van der Waals surface area contributed by atoms with Gasteiger partial charge < -0.3 is 19.5 Å². The monoisotopic (exact) mass is 465 g/mol. The molecule has 172 valence electrons. The molecule has 2 heterocycles. The molecule has 1 aliphatic carbocycles. The number of aliphatic hydroxyl groups is 1. The molecule has 1 spiro atoms. The third-order valence-electron chi connectivity index (χ3n) is 6.68. The second-order valence-corrected chi connectivity index (χ2v) is 9.93. The van der Waals surface area contributed by atoms with Crippen LogP contribution in [0.1, 0.15) is 34.3 Å². The maximum absolute atomic E-state index is 12.7. The maximum atomic E-state index is 12.7. The van der Waals surface area contributed by atoms with Crippen molar-refractivity contribution in [2.75, 3.05) is 32.5 Å². The van der Waals surface area contributed by atoms with Crippen LogP contribution in [-0.4, -0.2) is 65.8 Å². The van der Waals surface area contributed by atoms with Gasteiger partial charge in [-0.1, -0.05) is 30.3 Å². The molecule has 33 heavy (non-hydrogen) atoms. The van der Waals surface area contributed by atoms with Crippen LogP contribution >= 0.6 is 11.8 Å². The SMILES string of the molecule is COc1ccc2c(c1)C1=C(SCC3(CCN(C[C@@H](O)Cc4ccccc4)CC3)O1)C(=O)C2=O. The molecule has 5 rings (SSSR count). The van der Waals surface area contributed by atoms with Gasteiger partial charge in [-0.2, -0.15) is 0 Å². The Morgan fingerprint density at radius 3 is 2.58 bits per heavy atom. The van der Waals surface area contributed by atoms with Crippen LogP contribution in [0.2, 0.25) is 0 Å². The standard InChI is InChI=1S/C26H27NO5S/c1-31-19-7-8-20-21(14-19)24-25(23(30)22(20)29)33-16-26(32-24)9-11-27(12-10-26)15-18(28)13-17-5-3-2-4-6-17/h2-8,14,18,28H,9-13,15-16H2,1H3/t18-/m0/s1. The molecule has 0 amide bonds. The Hall–Kier alpha value is -2.61. The van der Waals surface area contributed by atoms with Crippen LogP contribution in [0, 0.1) is 0 Å². The van der Waals surface area contributed by atoms with E-state index in [9.17, 15) is 14.7 Å². The molecule has 1 saturated heterocycles. The third-order valence-corrected chi connectivity index (χ3v) is 8.01. The van der Waals surface area contributed by atoms with Crippen molar-refractivity contribution in [2.45, 2.75) is 31.0 Å². The van der Waals surface area contributed by atoms with Crippen molar-refractivity contribution in [2.24, 2.45) is 0 Å². The fourth-order valence-electron chi connectivity index (χ4n) is 4.81. The first kappa shape index (κ1) is 22.2. The number of piperidine rings is 1. The van der Waals surface area contributed by atoms with E-state index in [1.807, 2.05) is 30.3 Å².